The van der Waals surface area contributed by atoms with Gasteiger partial charge in [0.05, 0.1) is 15.7 Å². The average molecular weight is 443 g/mol. The van der Waals surface area contributed by atoms with E-state index in [9.17, 15) is 9.59 Å². The van der Waals surface area contributed by atoms with Crippen LogP contribution in [0.4, 0.5) is 5.13 Å². The quantitative estimate of drug-likeness (QED) is 0.632. The summed E-state index contributed by atoms with van der Waals surface area (Å²) in [5, 5.41) is 5.81. The Hall–Kier alpha value is -1.67. The number of carbonyl (C=O) groups is 2. The van der Waals surface area contributed by atoms with Crippen LogP contribution in [0.15, 0.2) is 23.6 Å². The van der Waals surface area contributed by atoms with Gasteiger partial charge in [-0.2, -0.15) is 0 Å². The second-order valence-corrected chi connectivity index (χ2v) is 7.90. The number of hydrogen-bond acceptors (Lipinski definition) is 5. The van der Waals surface area contributed by atoms with E-state index in [4.69, 9.17) is 23.2 Å². The highest BCUT2D eigenvalue weighted by atomic mass is 35.5. The molecule has 2 aromatic rings. The first-order valence-electron chi connectivity index (χ1n) is 9.02. The normalized spacial score (nSPS) is 10.9. The van der Waals surface area contributed by atoms with E-state index in [1.54, 1.807) is 12.1 Å². The number of nitrogens with one attached hydrogen (secondary N) is 1. The summed E-state index contributed by atoms with van der Waals surface area (Å²) in [4.78, 5) is 33.4. The van der Waals surface area contributed by atoms with Crippen molar-refractivity contribution in [2.75, 3.05) is 38.0 Å². The highest BCUT2D eigenvalue weighted by Crippen LogP contribution is 2.23. The Balaban J connectivity index is 2.13. The van der Waals surface area contributed by atoms with Crippen LogP contribution >= 0.6 is 34.5 Å². The Morgan fingerprint density at radius 1 is 1.14 bits per heavy atom. The number of aryl methyl sites for hydroxylation is 1. The van der Waals surface area contributed by atoms with Crippen molar-refractivity contribution < 1.29 is 9.59 Å². The van der Waals surface area contributed by atoms with E-state index in [1.165, 1.54) is 22.3 Å². The lowest BCUT2D eigenvalue weighted by molar-refractivity contribution is -0.116. The number of hydrogen-bond donors (Lipinski definition) is 1. The second kappa shape index (κ2) is 10.8. The van der Waals surface area contributed by atoms with Crippen LogP contribution in [0, 0.1) is 6.92 Å². The first kappa shape index (κ1) is 22.6. The van der Waals surface area contributed by atoms with Gasteiger partial charge >= 0.3 is 0 Å². The number of rotatable bonds is 9. The van der Waals surface area contributed by atoms with E-state index in [1.807, 2.05) is 12.3 Å². The molecule has 0 aliphatic carbocycles. The molecule has 1 aromatic heterocycles. The monoisotopic (exact) mass is 442 g/mol. The van der Waals surface area contributed by atoms with Crippen LogP contribution in [0.1, 0.15) is 29.9 Å². The number of benzene rings is 1. The van der Waals surface area contributed by atoms with Gasteiger partial charge in [-0.15, -0.1) is 11.3 Å². The van der Waals surface area contributed by atoms with Gasteiger partial charge in [-0.1, -0.05) is 37.0 Å². The molecule has 1 N–H and O–H groups in total. The number of carbonyl (C=O) groups excluding carboxylic acids is 2. The standard InChI is InChI=1S/C19H24Cl2N4O2S/c1-4-24(5-2)8-9-25(11-17(26)23-19-22-13(3)12-28-19)18(27)14-6-7-15(20)16(21)10-14/h6-7,10,12H,4-5,8-9,11H2,1-3H3,(H,22,23,26). The van der Waals surface area contributed by atoms with Gasteiger partial charge in [0.25, 0.3) is 5.91 Å². The van der Waals surface area contributed by atoms with Crippen molar-refractivity contribution >= 4 is 51.5 Å². The second-order valence-electron chi connectivity index (χ2n) is 6.22. The molecule has 1 heterocycles. The Kier molecular flexibility index (Phi) is 8.69. The van der Waals surface area contributed by atoms with E-state index in [2.05, 4.69) is 29.0 Å². The molecule has 0 radical (unpaired) electrons. The topological polar surface area (TPSA) is 65.5 Å². The molecule has 0 bridgehead atoms. The third-order valence-corrected chi connectivity index (χ3v) is 5.85. The lowest BCUT2D eigenvalue weighted by atomic mass is 10.2. The number of likely N-dealkylation sites (N-methyl/N-ethyl adjacent to an activating group) is 1. The molecule has 0 fully saturated rings. The summed E-state index contributed by atoms with van der Waals surface area (Å²) in [5.41, 5.74) is 1.23. The summed E-state index contributed by atoms with van der Waals surface area (Å²) >= 11 is 13.4. The molecule has 0 unspecified atom stereocenters. The first-order valence-corrected chi connectivity index (χ1v) is 10.7. The Morgan fingerprint density at radius 2 is 1.86 bits per heavy atom. The number of anilines is 1. The van der Waals surface area contributed by atoms with Crippen molar-refractivity contribution in [3.63, 3.8) is 0 Å². The van der Waals surface area contributed by atoms with E-state index >= 15 is 0 Å². The summed E-state index contributed by atoms with van der Waals surface area (Å²) in [6, 6.07) is 4.72. The van der Waals surface area contributed by atoms with Gasteiger partial charge in [0.1, 0.15) is 6.54 Å². The average Bonchev–Trinajstić information content (AvgIpc) is 3.07. The molecule has 9 heteroatoms. The van der Waals surface area contributed by atoms with Gasteiger partial charge in [-0.05, 0) is 38.2 Å². The minimum Gasteiger partial charge on any atom is -0.328 e. The molecule has 2 amide bonds. The van der Waals surface area contributed by atoms with E-state index < -0.39 is 0 Å². The molecule has 0 atom stereocenters. The number of aromatic nitrogens is 1. The molecule has 2 rings (SSSR count). The largest absolute Gasteiger partial charge is 0.328 e. The fourth-order valence-corrected chi connectivity index (χ4v) is 3.61. The summed E-state index contributed by atoms with van der Waals surface area (Å²) in [6.07, 6.45) is 0. The van der Waals surface area contributed by atoms with Crippen LogP contribution in [0.3, 0.4) is 0 Å². The lowest BCUT2D eigenvalue weighted by Gasteiger charge is -2.26. The van der Waals surface area contributed by atoms with Crippen molar-refractivity contribution in [1.29, 1.82) is 0 Å². The zero-order valence-corrected chi connectivity index (χ0v) is 18.5. The van der Waals surface area contributed by atoms with E-state index in [-0.39, 0.29) is 18.4 Å². The van der Waals surface area contributed by atoms with E-state index in [0.717, 1.165) is 18.8 Å². The minimum absolute atomic E-state index is 0.0705. The Labute approximate surface area is 179 Å². The SMILES string of the molecule is CCN(CC)CCN(CC(=O)Nc1nc(C)cs1)C(=O)c1ccc(Cl)c(Cl)c1. The predicted octanol–water partition coefficient (Wildman–Crippen LogP) is 4.18. The highest BCUT2D eigenvalue weighted by molar-refractivity contribution is 7.13. The molecule has 0 saturated heterocycles. The Bertz CT molecular complexity index is 824. The molecule has 0 aliphatic heterocycles. The van der Waals surface area contributed by atoms with Gasteiger partial charge in [0, 0.05) is 24.0 Å². The summed E-state index contributed by atoms with van der Waals surface area (Å²) in [7, 11) is 0. The molecular formula is C19H24Cl2N4O2S. The minimum atomic E-state index is -0.290. The van der Waals surface area contributed by atoms with Crippen molar-refractivity contribution in [2.24, 2.45) is 0 Å². The van der Waals surface area contributed by atoms with Crippen LogP contribution in [0.5, 0.6) is 0 Å². The molecule has 6 nitrogen and oxygen atoms in total. The van der Waals surface area contributed by atoms with Crippen molar-refractivity contribution in [3.8, 4) is 0 Å². The summed E-state index contributed by atoms with van der Waals surface area (Å²) in [5.74, 6) is -0.557. The molecular weight excluding hydrogens is 419 g/mol. The highest BCUT2D eigenvalue weighted by Gasteiger charge is 2.21. The molecule has 28 heavy (non-hydrogen) atoms. The third kappa shape index (κ3) is 6.44. The van der Waals surface area contributed by atoms with Gasteiger partial charge in [-0.3, -0.25) is 9.59 Å². The van der Waals surface area contributed by atoms with Crippen LogP contribution in [0.25, 0.3) is 0 Å². The maximum atomic E-state index is 13.0. The predicted molar refractivity (Wildman–Crippen MR) is 116 cm³/mol. The zero-order chi connectivity index (χ0) is 20.7. The summed E-state index contributed by atoms with van der Waals surface area (Å²) < 4.78 is 0. The molecule has 0 aliphatic rings. The number of amides is 2. The smallest absolute Gasteiger partial charge is 0.254 e. The van der Waals surface area contributed by atoms with E-state index in [0.29, 0.717) is 33.8 Å². The van der Waals surface area contributed by atoms with Gasteiger partial charge in [0.2, 0.25) is 5.91 Å². The van der Waals surface area contributed by atoms with Crippen molar-refractivity contribution in [2.45, 2.75) is 20.8 Å². The first-order chi connectivity index (χ1) is 13.3. The molecule has 0 spiro atoms. The van der Waals surface area contributed by atoms with Crippen LogP contribution in [-0.4, -0.2) is 59.3 Å². The lowest BCUT2D eigenvalue weighted by Crippen LogP contribution is -2.42. The van der Waals surface area contributed by atoms with Crippen molar-refractivity contribution in [1.82, 2.24) is 14.8 Å². The number of halogens is 2. The number of thiazole rings is 1. The number of nitrogens with zero attached hydrogens (tertiary/aromatic N) is 3. The van der Waals surface area contributed by atoms with Crippen LogP contribution in [-0.2, 0) is 4.79 Å². The van der Waals surface area contributed by atoms with Gasteiger partial charge in [0.15, 0.2) is 5.13 Å². The van der Waals surface area contributed by atoms with Crippen molar-refractivity contribution in [3.05, 3.63) is 44.9 Å². The molecule has 152 valence electrons. The Morgan fingerprint density at radius 3 is 2.43 bits per heavy atom. The van der Waals surface area contributed by atoms with Crippen LogP contribution in [0.2, 0.25) is 10.0 Å². The summed E-state index contributed by atoms with van der Waals surface area (Å²) in [6.45, 7) is 8.74. The molecule has 0 saturated carbocycles. The maximum absolute atomic E-state index is 13.0. The fraction of sp³-hybridized carbons (Fsp3) is 0.421. The van der Waals surface area contributed by atoms with Gasteiger partial charge < -0.3 is 15.1 Å². The zero-order valence-electron chi connectivity index (χ0n) is 16.2. The fourth-order valence-electron chi connectivity index (χ4n) is 2.61. The molecule has 1 aromatic carbocycles. The third-order valence-electron chi connectivity index (χ3n) is 4.23. The van der Waals surface area contributed by atoms with Crippen LogP contribution < -0.4 is 5.32 Å². The van der Waals surface area contributed by atoms with Gasteiger partial charge in [-0.25, -0.2) is 4.98 Å². The maximum Gasteiger partial charge on any atom is 0.254 e.